The lowest BCUT2D eigenvalue weighted by Gasteiger charge is -2.24. The Bertz CT molecular complexity index is 778. The first kappa shape index (κ1) is 22.6. The average molecular weight is 423 g/mol. The Morgan fingerprint density at radius 1 is 0.643 bits per heavy atom. The molecule has 0 saturated heterocycles. The molecule has 2 N–H and O–H groups in total. The quantitative estimate of drug-likeness (QED) is 0.536. The lowest BCUT2D eigenvalue weighted by Crippen LogP contribution is -2.12. The molecule has 4 nitrogen and oxygen atoms in total. The van der Waals surface area contributed by atoms with Crippen molar-refractivity contribution in [2.45, 2.75) is 62.2 Å². The van der Waals surface area contributed by atoms with Crippen molar-refractivity contribution in [2.24, 2.45) is 0 Å². The predicted octanol–water partition coefficient (Wildman–Crippen LogP) is 6.51. The van der Waals surface area contributed by atoms with Crippen molar-refractivity contribution in [3.05, 3.63) is 35.4 Å². The van der Waals surface area contributed by atoms with Crippen molar-refractivity contribution in [1.82, 2.24) is 0 Å². The molecule has 0 saturated carbocycles. The van der Waals surface area contributed by atoms with Crippen LogP contribution in [0.25, 0.3) is 0 Å². The number of benzene rings is 2. The number of phenols is 2. The SMILES string of the molecule is COc1cc(SSc2cc(OC)cc(C(C)(C)C)c2O)c(O)c(C(C)(C)C)c1. The van der Waals surface area contributed by atoms with Crippen LogP contribution in [0.4, 0.5) is 0 Å². The van der Waals surface area contributed by atoms with Crippen LogP contribution in [-0.2, 0) is 10.8 Å². The van der Waals surface area contributed by atoms with Gasteiger partial charge in [0.1, 0.15) is 23.0 Å². The zero-order valence-electron chi connectivity index (χ0n) is 17.8. The molecule has 0 radical (unpaired) electrons. The molecule has 0 fully saturated rings. The van der Waals surface area contributed by atoms with Crippen LogP contribution >= 0.6 is 21.6 Å². The summed E-state index contributed by atoms with van der Waals surface area (Å²) in [5, 5.41) is 21.6. The summed E-state index contributed by atoms with van der Waals surface area (Å²) in [5.41, 5.74) is 1.19. The second kappa shape index (κ2) is 8.37. The van der Waals surface area contributed by atoms with Gasteiger partial charge in [0.05, 0.1) is 24.0 Å². The van der Waals surface area contributed by atoms with Gasteiger partial charge in [-0.2, -0.15) is 0 Å². The van der Waals surface area contributed by atoms with E-state index < -0.39 is 0 Å². The fraction of sp³-hybridized carbons (Fsp3) is 0.455. The molecule has 154 valence electrons. The second-order valence-corrected chi connectivity index (χ2v) is 10.9. The predicted molar refractivity (Wildman–Crippen MR) is 118 cm³/mol. The van der Waals surface area contributed by atoms with Crippen LogP contribution < -0.4 is 9.47 Å². The molecular weight excluding hydrogens is 392 g/mol. The van der Waals surface area contributed by atoms with E-state index in [0.29, 0.717) is 21.3 Å². The standard InChI is InChI=1S/C22H30O4S2/c1-21(2,3)15-9-13(25-7)11-17(19(15)23)27-28-18-12-14(26-8)10-16(20(18)24)22(4,5)6/h9-12,23-24H,1-8H3. The molecule has 0 bridgehead atoms. The van der Waals surface area contributed by atoms with Crippen molar-refractivity contribution < 1.29 is 19.7 Å². The maximum Gasteiger partial charge on any atom is 0.134 e. The Kier molecular flexibility index (Phi) is 6.77. The highest BCUT2D eigenvalue weighted by molar-refractivity contribution is 8.76. The molecule has 0 atom stereocenters. The Hall–Kier alpha value is -1.66. The first-order chi connectivity index (χ1) is 12.9. The maximum absolute atomic E-state index is 10.8. The molecule has 6 heteroatoms. The van der Waals surface area contributed by atoms with E-state index in [1.165, 1.54) is 21.6 Å². The van der Waals surface area contributed by atoms with Gasteiger partial charge in [0, 0.05) is 11.1 Å². The third kappa shape index (κ3) is 5.03. The first-order valence-electron chi connectivity index (χ1n) is 9.06. The van der Waals surface area contributed by atoms with Gasteiger partial charge in [-0.15, -0.1) is 0 Å². The second-order valence-electron chi connectivity index (χ2n) is 8.71. The third-order valence-corrected chi connectivity index (χ3v) is 6.80. The summed E-state index contributed by atoms with van der Waals surface area (Å²) in [6.07, 6.45) is 0. The minimum Gasteiger partial charge on any atom is -0.506 e. The number of ether oxygens (including phenoxy) is 2. The molecule has 0 amide bonds. The molecule has 0 heterocycles. The summed E-state index contributed by atoms with van der Waals surface area (Å²) in [6, 6.07) is 7.35. The maximum atomic E-state index is 10.8. The van der Waals surface area contributed by atoms with Gasteiger partial charge in [-0.1, -0.05) is 41.5 Å². The van der Waals surface area contributed by atoms with E-state index in [-0.39, 0.29) is 22.3 Å². The monoisotopic (exact) mass is 422 g/mol. The third-order valence-electron chi connectivity index (χ3n) is 4.41. The lowest BCUT2D eigenvalue weighted by molar-refractivity contribution is 0.400. The van der Waals surface area contributed by atoms with Gasteiger partial charge in [0.2, 0.25) is 0 Å². The van der Waals surface area contributed by atoms with Gasteiger partial charge in [0.25, 0.3) is 0 Å². The zero-order chi connectivity index (χ0) is 21.3. The van der Waals surface area contributed by atoms with E-state index in [9.17, 15) is 10.2 Å². The van der Waals surface area contributed by atoms with Crippen LogP contribution in [0.5, 0.6) is 23.0 Å². The summed E-state index contributed by atoms with van der Waals surface area (Å²) in [7, 11) is 6.00. The Labute approximate surface area is 176 Å². The number of aromatic hydroxyl groups is 2. The Morgan fingerprint density at radius 3 is 1.21 bits per heavy atom. The first-order valence-corrected chi connectivity index (χ1v) is 11.2. The fourth-order valence-electron chi connectivity index (χ4n) is 2.76. The topological polar surface area (TPSA) is 58.9 Å². The van der Waals surface area contributed by atoms with Crippen LogP contribution in [-0.4, -0.2) is 24.4 Å². The Morgan fingerprint density at radius 2 is 0.964 bits per heavy atom. The molecule has 2 rings (SSSR count). The van der Waals surface area contributed by atoms with Gasteiger partial charge >= 0.3 is 0 Å². The molecule has 0 aromatic heterocycles. The average Bonchev–Trinajstić information content (AvgIpc) is 2.59. The molecule has 28 heavy (non-hydrogen) atoms. The highest BCUT2D eigenvalue weighted by Crippen LogP contribution is 2.50. The smallest absolute Gasteiger partial charge is 0.134 e. The highest BCUT2D eigenvalue weighted by Gasteiger charge is 2.24. The van der Waals surface area contributed by atoms with Crippen LogP contribution in [0, 0.1) is 0 Å². The van der Waals surface area contributed by atoms with Crippen molar-refractivity contribution in [3.8, 4) is 23.0 Å². The van der Waals surface area contributed by atoms with Crippen molar-refractivity contribution in [1.29, 1.82) is 0 Å². The summed E-state index contributed by atoms with van der Waals surface area (Å²) >= 11 is 0. The van der Waals surface area contributed by atoms with Crippen LogP contribution in [0.3, 0.4) is 0 Å². The molecule has 0 aliphatic rings. The van der Waals surface area contributed by atoms with Crippen molar-refractivity contribution >= 4 is 21.6 Å². The molecule has 0 unspecified atom stereocenters. The fourth-order valence-corrected chi connectivity index (χ4v) is 4.95. The van der Waals surface area contributed by atoms with Gasteiger partial charge in [0.15, 0.2) is 0 Å². The van der Waals surface area contributed by atoms with E-state index in [2.05, 4.69) is 0 Å². The highest BCUT2D eigenvalue weighted by atomic mass is 33.1. The van der Waals surface area contributed by atoms with Gasteiger partial charge in [-0.3, -0.25) is 0 Å². The lowest BCUT2D eigenvalue weighted by atomic mass is 9.86. The van der Waals surface area contributed by atoms with Crippen LogP contribution in [0.15, 0.2) is 34.1 Å². The number of rotatable bonds is 5. The van der Waals surface area contributed by atoms with E-state index in [4.69, 9.17) is 9.47 Å². The largest absolute Gasteiger partial charge is 0.506 e. The molecule has 2 aromatic rings. The van der Waals surface area contributed by atoms with Crippen LogP contribution in [0.2, 0.25) is 0 Å². The molecule has 2 aromatic carbocycles. The van der Waals surface area contributed by atoms with E-state index in [0.717, 1.165) is 11.1 Å². The number of hydrogen-bond donors (Lipinski definition) is 2. The molecule has 0 aliphatic carbocycles. The Balaban J connectivity index is 2.44. The summed E-state index contributed by atoms with van der Waals surface area (Å²) < 4.78 is 10.8. The number of phenolic OH excluding ortho intramolecular Hbond substituents is 2. The van der Waals surface area contributed by atoms with Gasteiger partial charge < -0.3 is 19.7 Å². The number of methoxy groups -OCH3 is 2. The van der Waals surface area contributed by atoms with E-state index in [1.807, 2.05) is 65.8 Å². The zero-order valence-corrected chi connectivity index (χ0v) is 19.5. The number of hydrogen-bond acceptors (Lipinski definition) is 6. The summed E-state index contributed by atoms with van der Waals surface area (Å²) in [6.45, 7) is 12.3. The van der Waals surface area contributed by atoms with E-state index >= 15 is 0 Å². The van der Waals surface area contributed by atoms with Gasteiger partial charge in [-0.25, -0.2) is 0 Å². The van der Waals surface area contributed by atoms with Gasteiger partial charge in [-0.05, 0) is 56.7 Å². The van der Waals surface area contributed by atoms with Crippen molar-refractivity contribution in [2.75, 3.05) is 14.2 Å². The summed E-state index contributed by atoms with van der Waals surface area (Å²) in [4.78, 5) is 1.38. The molecular formula is C22H30O4S2. The molecule has 0 spiro atoms. The normalized spacial score (nSPS) is 12.1. The minimum atomic E-state index is -0.226. The van der Waals surface area contributed by atoms with Crippen molar-refractivity contribution in [3.63, 3.8) is 0 Å². The summed E-state index contributed by atoms with van der Waals surface area (Å²) in [5.74, 6) is 1.86. The molecule has 0 aliphatic heterocycles. The van der Waals surface area contributed by atoms with E-state index in [1.54, 1.807) is 14.2 Å². The van der Waals surface area contributed by atoms with Crippen LogP contribution in [0.1, 0.15) is 52.7 Å². The minimum absolute atomic E-state index is 0.226.